The van der Waals surface area contributed by atoms with Crippen LogP contribution in [-0.4, -0.2) is 65.9 Å². The lowest BCUT2D eigenvalue weighted by molar-refractivity contribution is 0.0367. The van der Waals surface area contributed by atoms with Crippen molar-refractivity contribution in [2.45, 2.75) is 26.8 Å². The molecule has 0 bridgehead atoms. The topological polar surface area (TPSA) is 69.8 Å². The molecule has 1 aliphatic rings. The Bertz CT molecular complexity index is 1190. The number of fused-ring (bicyclic) bond motifs is 1. The summed E-state index contributed by atoms with van der Waals surface area (Å²) in [5, 5.41) is 4.90. The van der Waals surface area contributed by atoms with E-state index in [2.05, 4.69) is 39.2 Å². The first kappa shape index (κ1) is 25.2. The Balaban J connectivity index is 1.52. The monoisotopic (exact) mass is 494 g/mol. The summed E-state index contributed by atoms with van der Waals surface area (Å²) in [5.41, 5.74) is 3.50. The molecule has 1 saturated heterocycles. The fourth-order valence-corrected chi connectivity index (χ4v) is 4.48. The number of rotatable bonds is 9. The van der Waals surface area contributed by atoms with Gasteiger partial charge in [-0.05, 0) is 68.9 Å². The predicted molar refractivity (Wildman–Crippen MR) is 145 cm³/mol. The minimum atomic E-state index is -0.0991. The number of hydrogen-bond acceptors (Lipinski definition) is 5. The standard InChI is InChI=1S/C27H34N4O3S/c1-3-34-24-9-10-25-21(18-24)17-22(26(32)29-25)19-31(12-4-11-30-13-15-33-16-14-30)27(35)28-23-7-5-20(2)6-8-23/h5-10,17-18H,3-4,11-16,19H2,1-2H3,(H,28,35)(H,29,32). The van der Waals surface area contributed by atoms with E-state index < -0.39 is 0 Å². The third-order valence-electron chi connectivity index (χ3n) is 6.16. The molecule has 186 valence electrons. The number of pyridine rings is 1. The molecule has 8 heteroatoms. The van der Waals surface area contributed by atoms with Gasteiger partial charge in [0.15, 0.2) is 5.11 Å². The Hall–Kier alpha value is -2.94. The molecule has 0 aliphatic carbocycles. The number of benzene rings is 2. The molecule has 2 N–H and O–H groups in total. The maximum Gasteiger partial charge on any atom is 0.253 e. The summed E-state index contributed by atoms with van der Waals surface area (Å²) >= 11 is 5.80. The molecule has 0 amide bonds. The summed E-state index contributed by atoms with van der Waals surface area (Å²) in [6.45, 7) is 10.2. The lowest BCUT2D eigenvalue weighted by atomic mass is 10.1. The number of ether oxygens (including phenoxy) is 2. The first-order valence-corrected chi connectivity index (χ1v) is 12.6. The Kier molecular flexibility index (Phi) is 8.74. The van der Waals surface area contributed by atoms with Crippen LogP contribution in [0.3, 0.4) is 0 Å². The summed E-state index contributed by atoms with van der Waals surface area (Å²) in [6, 6.07) is 15.8. The van der Waals surface area contributed by atoms with Gasteiger partial charge in [0.25, 0.3) is 5.56 Å². The fourth-order valence-electron chi connectivity index (χ4n) is 4.21. The van der Waals surface area contributed by atoms with Crippen molar-refractivity contribution >= 4 is 33.9 Å². The van der Waals surface area contributed by atoms with E-state index in [0.29, 0.717) is 23.8 Å². The number of anilines is 1. The molecular weight excluding hydrogens is 460 g/mol. The number of aromatic amines is 1. The number of H-pyrrole nitrogens is 1. The lowest BCUT2D eigenvalue weighted by Gasteiger charge is -2.29. The van der Waals surface area contributed by atoms with Crippen LogP contribution < -0.4 is 15.6 Å². The number of hydrogen-bond donors (Lipinski definition) is 2. The first-order chi connectivity index (χ1) is 17.0. The van der Waals surface area contributed by atoms with Crippen molar-refractivity contribution in [1.29, 1.82) is 0 Å². The van der Waals surface area contributed by atoms with E-state index in [-0.39, 0.29) is 5.56 Å². The fraction of sp³-hybridized carbons (Fsp3) is 0.407. The Morgan fingerprint density at radius 3 is 2.69 bits per heavy atom. The highest BCUT2D eigenvalue weighted by Crippen LogP contribution is 2.20. The van der Waals surface area contributed by atoms with Gasteiger partial charge in [-0.3, -0.25) is 9.69 Å². The van der Waals surface area contributed by atoms with Crippen LogP contribution in [0, 0.1) is 6.92 Å². The molecule has 2 aromatic carbocycles. The van der Waals surface area contributed by atoms with Crippen LogP contribution in [0.4, 0.5) is 5.69 Å². The van der Waals surface area contributed by atoms with Crippen molar-refractivity contribution in [3.8, 4) is 5.75 Å². The summed E-state index contributed by atoms with van der Waals surface area (Å²) in [6.07, 6.45) is 0.940. The van der Waals surface area contributed by atoms with E-state index in [4.69, 9.17) is 21.7 Å². The number of nitrogens with zero attached hydrogens (tertiary/aromatic N) is 2. The van der Waals surface area contributed by atoms with Gasteiger partial charge in [-0.2, -0.15) is 0 Å². The maximum absolute atomic E-state index is 12.9. The van der Waals surface area contributed by atoms with Crippen molar-refractivity contribution in [2.75, 3.05) is 51.3 Å². The average molecular weight is 495 g/mol. The molecule has 1 aromatic heterocycles. The second kappa shape index (κ2) is 12.2. The summed E-state index contributed by atoms with van der Waals surface area (Å²) in [4.78, 5) is 20.4. The predicted octanol–water partition coefficient (Wildman–Crippen LogP) is 4.16. The van der Waals surface area contributed by atoms with Crippen molar-refractivity contribution in [1.82, 2.24) is 14.8 Å². The second-order valence-corrected chi connectivity index (χ2v) is 9.22. The Labute approximate surface area is 212 Å². The van der Waals surface area contributed by atoms with Crippen molar-refractivity contribution in [3.05, 3.63) is 70.0 Å². The largest absolute Gasteiger partial charge is 0.494 e. The van der Waals surface area contributed by atoms with E-state index in [1.807, 2.05) is 43.3 Å². The molecule has 0 radical (unpaired) electrons. The molecule has 0 atom stereocenters. The quantitative estimate of drug-likeness (QED) is 0.433. The second-order valence-electron chi connectivity index (χ2n) is 8.83. The molecular formula is C27H34N4O3S. The summed E-state index contributed by atoms with van der Waals surface area (Å²) < 4.78 is 11.1. The van der Waals surface area contributed by atoms with Gasteiger partial charge in [0.1, 0.15) is 5.75 Å². The number of morpholine rings is 1. The SMILES string of the molecule is CCOc1ccc2[nH]c(=O)c(CN(CCCN3CCOCC3)C(=S)Nc3ccc(C)cc3)cc2c1. The highest BCUT2D eigenvalue weighted by atomic mass is 32.1. The molecule has 2 heterocycles. The average Bonchev–Trinajstić information content (AvgIpc) is 2.86. The smallest absolute Gasteiger partial charge is 0.253 e. The van der Waals surface area contributed by atoms with Gasteiger partial charge in [-0.1, -0.05) is 17.7 Å². The number of nitrogens with one attached hydrogen (secondary N) is 2. The van der Waals surface area contributed by atoms with Gasteiger partial charge >= 0.3 is 0 Å². The van der Waals surface area contributed by atoms with Gasteiger partial charge in [0.05, 0.1) is 26.4 Å². The minimum Gasteiger partial charge on any atom is -0.494 e. The van der Waals surface area contributed by atoms with Gasteiger partial charge in [-0.25, -0.2) is 0 Å². The van der Waals surface area contributed by atoms with Gasteiger partial charge in [0.2, 0.25) is 0 Å². The first-order valence-electron chi connectivity index (χ1n) is 12.2. The van der Waals surface area contributed by atoms with Crippen molar-refractivity contribution < 1.29 is 9.47 Å². The zero-order chi connectivity index (χ0) is 24.6. The number of thiocarbonyl (C=S) groups is 1. The van der Waals surface area contributed by atoms with Crippen LogP contribution >= 0.6 is 12.2 Å². The molecule has 7 nitrogen and oxygen atoms in total. The van der Waals surface area contributed by atoms with E-state index in [9.17, 15) is 4.79 Å². The number of aryl methyl sites for hydroxylation is 1. The molecule has 3 aromatic rings. The maximum atomic E-state index is 12.9. The third kappa shape index (κ3) is 7.04. The van der Waals surface area contributed by atoms with Crippen LogP contribution in [0.5, 0.6) is 5.75 Å². The van der Waals surface area contributed by atoms with Crippen LogP contribution in [0.25, 0.3) is 10.9 Å². The van der Waals surface area contributed by atoms with E-state index >= 15 is 0 Å². The Morgan fingerprint density at radius 1 is 1.17 bits per heavy atom. The highest BCUT2D eigenvalue weighted by Gasteiger charge is 2.16. The third-order valence-corrected chi connectivity index (χ3v) is 6.52. The van der Waals surface area contributed by atoms with E-state index in [1.165, 1.54) is 5.56 Å². The summed E-state index contributed by atoms with van der Waals surface area (Å²) in [7, 11) is 0. The number of aromatic nitrogens is 1. The molecule has 0 unspecified atom stereocenters. The van der Waals surface area contributed by atoms with Crippen molar-refractivity contribution in [3.63, 3.8) is 0 Å². The van der Waals surface area contributed by atoms with Crippen LogP contribution in [0.2, 0.25) is 0 Å². The summed E-state index contributed by atoms with van der Waals surface area (Å²) in [5.74, 6) is 0.789. The zero-order valence-corrected chi connectivity index (χ0v) is 21.3. The van der Waals surface area contributed by atoms with Crippen molar-refractivity contribution in [2.24, 2.45) is 0 Å². The zero-order valence-electron chi connectivity index (χ0n) is 20.5. The molecule has 1 fully saturated rings. The highest BCUT2D eigenvalue weighted by molar-refractivity contribution is 7.80. The van der Waals surface area contributed by atoms with Gasteiger partial charge < -0.3 is 24.7 Å². The molecule has 1 aliphatic heterocycles. The van der Waals surface area contributed by atoms with E-state index in [1.54, 1.807) is 0 Å². The van der Waals surface area contributed by atoms with Gasteiger partial charge in [-0.15, -0.1) is 0 Å². The minimum absolute atomic E-state index is 0.0991. The normalized spacial score (nSPS) is 14.1. The molecule has 0 spiro atoms. The molecule has 4 rings (SSSR count). The van der Waals surface area contributed by atoms with Crippen LogP contribution in [0.1, 0.15) is 24.5 Å². The Morgan fingerprint density at radius 2 is 1.94 bits per heavy atom. The van der Waals surface area contributed by atoms with E-state index in [0.717, 1.165) is 68.2 Å². The lowest BCUT2D eigenvalue weighted by Crippen LogP contribution is -2.40. The van der Waals surface area contributed by atoms with Crippen LogP contribution in [-0.2, 0) is 11.3 Å². The van der Waals surface area contributed by atoms with Gasteiger partial charge in [0, 0.05) is 48.3 Å². The molecule has 35 heavy (non-hydrogen) atoms. The molecule has 0 saturated carbocycles. The van der Waals surface area contributed by atoms with Crippen LogP contribution in [0.15, 0.2) is 53.3 Å².